The minimum Gasteiger partial charge on any atom is -0.507 e. The highest BCUT2D eigenvalue weighted by Gasteiger charge is 2.17. The van der Waals surface area contributed by atoms with Crippen molar-refractivity contribution in [1.29, 1.82) is 0 Å². The van der Waals surface area contributed by atoms with Gasteiger partial charge in [0.2, 0.25) is 0 Å². The lowest BCUT2D eigenvalue weighted by molar-refractivity contribution is 0.473. The predicted octanol–water partition coefficient (Wildman–Crippen LogP) is 5.16. The highest BCUT2D eigenvalue weighted by Crippen LogP contribution is 2.39. The maximum absolute atomic E-state index is 10.1. The zero-order valence-electron chi connectivity index (χ0n) is 12.1. The van der Waals surface area contributed by atoms with E-state index in [9.17, 15) is 5.11 Å². The number of aromatic hydroxyl groups is 1. The summed E-state index contributed by atoms with van der Waals surface area (Å²) in [5.74, 6) is 0.210. The summed E-state index contributed by atoms with van der Waals surface area (Å²) in [6.07, 6.45) is 0. The number of rotatable bonds is 2. The molecule has 0 fully saturated rings. The Balaban J connectivity index is 2.09. The molecule has 4 aromatic rings. The number of nitrogens with zero attached hydrogens (tertiary/aromatic N) is 2. The van der Waals surface area contributed by atoms with Gasteiger partial charge in [0.25, 0.3) is 0 Å². The topological polar surface area (TPSA) is 38.1 Å². The van der Waals surface area contributed by atoms with E-state index in [-0.39, 0.29) is 5.75 Å². The molecule has 4 heteroatoms. The van der Waals surface area contributed by atoms with Crippen LogP contribution in [0.3, 0.4) is 0 Å². The maximum Gasteiger partial charge on any atom is 0.130 e. The van der Waals surface area contributed by atoms with E-state index >= 15 is 0 Å². The standard InChI is InChI=1S/C19H13BrN2O/c20-18-16(23)12-11-15-17(18)19(13-7-3-1-4-8-13)21-22(15)14-9-5-2-6-10-14/h1-12,23H. The molecule has 0 aliphatic heterocycles. The fourth-order valence-corrected chi connectivity index (χ4v) is 3.25. The van der Waals surface area contributed by atoms with Crippen LogP contribution in [-0.2, 0) is 0 Å². The summed E-state index contributed by atoms with van der Waals surface area (Å²) < 4.78 is 2.57. The molecule has 0 unspecified atom stereocenters. The van der Waals surface area contributed by atoms with Crippen molar-refractivity contribution in [2.45, 2.75) is 0 Å². The summed E-state index contributed by atoms with van der Waals surface area (Å²) in [5, 5.41) is 15.8. The smallest absolute Gasteiger partial charge is 0.130 e. The third-order valence-electron chi connectivity index (χ3n) is 3.81. The second-order valence-electron chi connectivity index (χ2n) is 5.25. The zero-order valence-corrected chi connectivity index (χ0v) is 13.7. The number of benzene rings is 3. The molecule has 0 bridgehead atoms. The Kier molecular flexibility index (Phi) is 3.39. The Morgan fingerprint density at radius 2 is 1.48 bits per heavy atom. The molecule has 0 saturated heterocycles. The van der Waals surface area contributed by atoms with Crippen LogP contribution in [-0.4, -0.2) is 14.9 Å². The molecule has 3 nitrogen and oxygen atoms in total. The van der Waals surface area contributed by atoms with Gasteiger partial charge in [0.15, 0.2) is 0 Å². The Bertz CT molecular complexity index is 979. The van der Waals surface area contributed by atoms with Crippen molar-refractivity contribution >= 4 is 26.8 Å². The van der Waals surface area contributed by atoms with Crippen LogP contribution in [0.2, 0.25) is 0 Å². The largest absolute Gasteiger partial charge is 0.507 e. The van der Waals surface area contributed by atoms with Crippen LogP contribution in [0.15, 0.2) is 77.3 Å². The second kappa shape index (κ2) is 5.56. The van der Waals surface area contributed by atoms with Crippen molar-refractivity contribution in [3.8, 4) is 22.7 Å². The third kappa shape index (κ3) is 2.32. The monoisotopic (exact) mass is 364 g/mol. The molecule has 0 amide bonds. The minimum atomic E-state index is 0.210. The van der Waals surface area contributed by atoms with E-state index in [0.29, 0.717) is 4.47 Å². The number of phenolic OH excluding ortho intramolecular Hbond substituents is 1. The van der Waals surface area contributed by atoms with Crippen molar-refractivity contribution in [3.63, 3.8) is 0 Å². The first-order valence-electron chi connectivity index (χ1n) is 7.27. The molecular weight excluding hydrogens is 352 g/mol. The molecule has 23 heavy (non-hydrogen) atoms. The first kappa shape index (κ1) is 14.0. The Morgan fingerprint density at radius 1 is 0.826 bits per heavy atom. The van der Waals surface area contributed by atoms with Crippen LogP contribution in [0.1, 0.15) is 0 Å². The van der Waals surface area contributed by atoms with Crippen molar-refractivity contribution < 1.29 is 5.11 Å². The number of para-hydroxylation sites is 1. The van der Waals surface area contributed by atoms with E-state index in [2.05, 4.69) is 15.9 Å². The molecule has 0 radical (unpaired) electrons. The van der Waals surface area contributed by atoms with Crippen LogP contribution in [0.25, 0.3) is 27.8 Å². The van der Waals surface area contributed by atoms with Crippen LogP contribution < -0.4 is 0 Å². The molecule has 0 saturated carbocycles. The molecule has 0 atom stereocenters. The van der Waals surface area contributed by atoms with Gasteiger partial charge >= 0.3 is 0 Å². The van der Waals surface area contributed by atoms with Crippen LogP contribution in [0.4, 0.5) is 0 Å². The van der Waals surface area contributed by atoms with E-state index in [1.807, 2.05) is 71.4 Å². The first-order chi connectivity index (χ1) is 11.3. The average Bonchev–Trinajstić information content (AvgIpc) is 3.00. The van der Waals surface area contributed by atoms with E-state index in [0.717, 1.165) is 27.8 Å². The SMILES string of the molecule is Oc1ccc2c(c(-c3ccccc3)nn2-c2ccccc2)c1Br. The number of hydrogen-bond acceptors (Lipinski definition) is 2. The first-order valence-corrected chi connectivity index (χ1v) is 8.06. The third-order valence-corrected chi connectivity index (χ3v) is 4.62. The quantitative estimate of drug-likeness (QED) is 0.533. The summed E-state index contributed by atoms with van der Waals surface area (Å²) in [4.78, 5) is 0. The molecular formula is C19H13BrN2O. The van der Waals surface area contributed by atoms with E-state index in [4.69, 9.17) is 5.10 Å². The van der Waals surface area contributed by atoms with Gasteiger partial charge in [-0.05, 0) is 40.2 Å². The molecule has 3 aromatic carbocycles. The average molecular weight is 365 g/mol. The molecule has 0 aliphatic rings. The van der Waals surface area contributed by atoms with Gasteiger partial charge in [-0.15, -0.1) is 0 Å². The lowest BCUT2D eigenvalue weighted by Crippen LogP contribution is -1.95. The van der Waals surface area contributed by atoms with Gasteiger partial charge in [-0.1, -0.05) is 48.5 Å². The summed E-state index contributed by atoms with van der Waals surface area (Å²) in [5.41, 5.74) is 3.78. The summed E-state index contributed by atoms with van der Waals surface area (Å²) >= 11 is 3.51. The van der Waals surface area contributed by atoms with Gasteiger partial charge in [0, 0.05) is 10.9 Å². The normalized spacial score (nSPS) is 11.0. The zero-order chi connectivity index (χ0) is 15.8. The van der Waals surface area contributed by atoms with Gasteiger partial charge in [0.1, 0.15) is 11.4 Å². The number of hydrogen-bond donors (Lipinski definition) is 1. The second-order valence-corrected chi connectivity index (χ2v) is 6.05. The summed E-state index contributed by atoms with van der Waals surface area (Å²) in [6, 6.07) is 23.6. The van der Waals surface area contributed by atoms with Crippen LogP contribution >= 0.6 is 15.9 Å². The molecule has 112 valence electrons. The van der Waals surface area contributed by atoms with E-state index in [1.165, 1.54) is 0 Å². The Hall–Kier alpha value is -2.59. The number of fused-ring (bicyclic) bond motifs is 1. The molecule has 4 rings (SSSR count). The highest BCUT2D eigenvalue weighted by atomic mass is 79.9. The van der Waals surface area contributed by atoms with Crippen molar-refractivity contribution in [2.75, 3.05) is 0 Å². The predicted molar refractivity (Wildman–Crippen MR) is 95.9 cm³/mol. The summed E-state index contributed by atoms with van der Waals surface area (Å²) in [6.45, 7) is 0. The molecule has 0 spiro atoms. The highest BCUT2D eigenvalue weighted by molar-refractivity contribution is 9.10. The molecule has 1 N–H and O–H groups in total. The van der Waals surface area contributed by atoms with E-state index < -0.39 is 0 Å². The van der Waals surface area contributed by atoms with Crippen LogP contribution in [0, 0.1) is 0 Å². The Labute approximate surface area is 141 Å². The lowest BCUT2D eigenvalue weighted by Gasteiger charge is -2.03. The molecule has 0 aliphatic carbocycles. The fourth-order valence-electron chi connectivity index (χ4n) is 2.72. The van der Waals surface area contributed by atoms with Crippen molar-refractivity contribution in [1.82, 2.24) is 9.78 Å². The van der Waals surface area contributed by atoms with Gasteiger partial charge in [0.05, 0.1) is 15.7 Å². The van der Waals surface area contributed by atoms with Gasteiger partial charge in [-0.25, -0.2) is 4.68 Å². The van der Waals surface area contributed by atoms with E-state index in [1.54, 1.807) is 6.07 Å². The molecule has 1 heterocycles. The van der Waals surface area contributed by atoms with Crippen LogP contribution in [0.5, 0.6) is 5.75 Å². The number of phenols is 1. The minimum absolute atomic E-state index is 0.210. The number of aromatic nitrogens is 2. The molecule has 1 aromatic heterocycles. The van der Waals surface area contributed by atoms with Crippen molar-refractivity contribution in [3.05, 3.63) is 77.3 Å². The fraction of sp³-hybridized carbons (Fsp3) is 0. The van der Waals surface area contributed by atoms with Gasteiger partial charge in [-0.3, -0.25) is 0 Å². The van der Waals surface area contributed by atoms with Gasteiger partial charge in [-0.2, -0.15) is 5.10 Å². The lowest BCUT2D eigenvalue weighted by atomic mass is 10.1. The van der Waals surface area contributed by atoms with Crippen molar-refractivity contribution in [2.24, 2.45) is 0 Å². The van der Waals surface area contributed by atoms with Gasteiger partial charge < -0.3 is 5.11 Å². The summed E-state index contributed by atoms with van der Waals surface area (Å²) in [7, 11) is 0. The maximum atomic E-state index is 10.1. The number of halogens is 1. The Morgan fingerprint density at radius 3 is 2.17 bits per heavy atom.